The number of rotatable bonds is 11. The van der Waals surface area contributed by atoms with E-state index < -0.39 is 0 Å². The van der Waals surface area contributed by atoms with Crippen LogP contribution in [0.4, 0.5) is 0 Å². The molecule has 7 heteroatoms. The Morgan fingerprint density at radius 1 is 1.00 bits per heavy atom. The summed E-state index contributed by atoms with van der Waals surface area (Å²) in [6, 6.07) is 20.6. The van der Waals surface area contributed by atoms with Crippen molar-refractivity contribution < 1.29 is 23.7 Å². The predicted octanol–water partition coefficient (Wildman–Crippen LogP) is 7.24. The first-order valence-corrected chi connectivity index (χ1v) is 11.8. The molecule has 33 heavy (non-hydrogen) atoms. The van der Waals surface area contributed by atoms with Gasteiger partial charge in [-0.3, -0.25) is 4.79 Å². The van der Waals surface area contributed by atoms with Crippen LogP contribution in [0.2, 0.25) is 5.02 Å². The lowest BCUT2D eigenvalue weighted by atomic mass is 10.1. The standard InChI is InChI=1S/C26H26BrClO5/c1-18(14-15-31-23-11-8-19(16-22(23)27)9-13-26(29)30-2)32-24-12-10-20(28)17-25(24)33-21-6-4-3-5-7-21/h3-8,10-12,16-18H,9,13-15H2,1-2H3. The molecule has 0 aliphatic heterocycles. The van der Waals surface area contributed by atoms with Crippen molar-refractivity contribution in [1.29, 1.82) is 0 Å². The molecule has 3 rings (SSSR count). The van der Waals surface area contributed by atoms with Gasteiger partial charge in [0.25, 0.3) is 0 Å². The van der Waals surface area contributed by atoms with Crippen molar-refractivity contribution in [2.75, 3.05) is 13.7 Å². The average Bonchev–Trinajstić information content (AvgIpc) is 2.81. The summed E-state index contributed by atoms with van der Waals surface area (Å²) in [5, 5.41) is 0.573. The molecule has 1 atom stereocenters. The summed E-state index contributed by atoms with van der Waals surface area (Å²) in [6.45, 7) is 2.46. The summed E-state index contributed by atoms with van der Waals surface area (Å²) in [6.07, 6.45) is 1.52. The summed E-state index contributed by atoms with van der Waals surface area (Å²) >= 11 is 9.70. The van der Waals surface area contributed by atoms with Gasteiger partial charge in [-0.25, -0.2) is 0 Å². The van der Waals surface area contributed by atoms with Crippen molar-refractivity contribution in [3.63, 3.8) is 0 Å². The molecule has 0 bridgehead atoms. The molecule has 0 saturated heterocycles. The number of hydrogen-bond donors (Lipinski definition) is 0. The van der Waals surface area contributed by atoms with Gasteiger partial charge in [-0.05, 0) is 71.2 Å². The number of ether oxygens (including phenoxy) is 4. The minimum Gasteiger partial charge on any atom is -0.492 e. The van der Waals surface area contributed by atoms with Crippen molar-refractivity contribution in [1.82, 2.24) is 0 Å². The highest BCUT2D eigenvalue weighted by molar-refractivity contribution is 9.10. The van der Waals surface area contributed by atoms with E-state index in [-0.39, 0.29) is 12.1 Å². The molecule has 5 nitrogen and oxygen atoms in total. The van der Waals surface area contributed by atoms with Crippen molar-refractivity contribution >= 4 is 33.5 Å². The lowest BCUT2D eigenvalue weighted by molar-refractivity contribution is -0.140. The van der Waals surface area contributed by atoms with E-state index in [4.69, 9.17) is 25.8 Å². The van der Waals surface area contributed by atoms with Crippen LogP contribution in [-0.2, 0) is 16.0 Å². The molecule has 0 radical (unpaired) electrons. The third-order valence-electron chi connectivity index (χ3n) is 4.83. The normalized spacial score (nSPS) is 11.5. The molecule has 3 aromatic carbocycles. The maximum atomic E-state index is 11.3. The third-order valence-corrected chi connectivity index (χ3v) is 5.68. The molecular weight excluding hydrogens is 508 g/mol. The first-order chi connectivity index (χ1) is 15.9. The second kappa shape index (κ2) is 12.5. The van der Waals surface area contributed by atoms with E-state index in [1.54, 1.807) is 12.1 Å². The fourth-order valence-electron chi connectivity index (χ4n) is 3.05. The first-order valence-electron chi connectivity index (χ1n) is 10.6. The Hall–Kier alpha value is -2.70. The second-order valence-corrected chi connectivity index (χ2v) is 8.70. The number of halogens is 2. The maximum Gasteiger partial charge on any atom is 0.305 e. The third kappa shape index (κ3) is 7.98. The molecule has 174 valence electrons. The van der Waals surface area contributed by atoms with Gasteiger partial charge in [-0.15, -0.1) is 0 Å². The molecule has 0 saturated carbocycles. The summed E-state index contributed by atoms with van der Waals surface area (Å²) in [5.41, 5.74) is 1.03. The van der Waals surface area contributed by atoms with Crippen LogP contribution in [0.5, 0.6) is 23.0 Å². The van der Waals surface area contributed by atoms with Gasteiger partial charge in [0.2, 0.25) is 0 Å². The molecule has 0 aromatic heterocycles. The van der Waals surface area contributed by atoms with Gasteiger partial charge >= 0.3 is 5.97 Å². The van der Waals surface area contributed by atoms with E-state index in [1.807, 2.05) is 61.5 Å². The fourth-order valence-corrected chi connectivity index (χ4v) is 3.75. The Balaban J connectivity index is 1.53. The van der Waals surface area contributed by atoms with Gasteiger partial charge < -0.3 is 18.9 Å². The van der Waals surface area contributed by atoms with Gasteiger partial charge in [0, 0.05) is 23.9 Å². The van der Waals surface area contributed by atoms with E-state index in [9.17, 15) is 4.79 Å². The molecule has 0 aliphatic rings. The van der Waals surface area contributed by atoms with Crippen LogP contribution >= 0.6 is 27.5 Å². The van der Waals surface area contributed by atoms with Crippen molar-refractivity contribution in [2.45, 2.75) is 32.3 Å². The minimum atomic E-state index is -0.224. The number of methoxy groups -OCH3 is 1. The highest BCUT2D eigenvalue weighted by Gasteiger charge is 2.13. The number of hydrogen-bond acceptors (Lipinski definition) is 5. The van der Waals surface area contributed by atoms with Crippen molar-refractivity contribution in [2.24, 2.45) is 0 Å². The monoisotopic (exact) mass is 532 g/mol. The molecule has 0 amide bonds. The van der Waals surface area contributed by atoms with Crippen LogP contribution in [0, 0.1) is 0 Å². The smallest absolute Gasteiger partial charge is 0.305 e. The van der Waals surface area contributed by atoms with Crippen LogP contribution in [0.25, 0.3) is 0 Å². The summed E-state index contributed by atoms with van der Waals surface area (Å²) in [5.74, 6) is 2.40. The van der Waals surface area contributed by atoms with Gasteiger partial charge in [-0.2, -0.15) is 0 Å². The van der Waals surface area contributed by atoms with Gasteiger partial charge in [0.1, 0.15) is 11.5 Å². The molecule has 0 heterocycles. The van der Waals surface area contributed by atoms with Gasteiger partial charge in [0.15, 0.2) is 11.5 Å². The van der Waals surface area contributed by atoms with E-state index >= 15 is 0 Å². The molecule has 0 N–H and O–H groups in total. The number of aryl methyl sites for hydroxylation is 1. The zero-order valence-electron chi connectivity index (χ0n) is 18.6. The zero-order valence-corrected chi connectivity index (χ0v) is 20.9. The highest BCUT2D eigenvalue weighted by atomic mass is 79.9. The second-order valence-electron chi connectivity index (χ2n) is 7.41. The topological polar surface area (TPSA) is 54.0 Å². The highest BCUT2D eigenvalue weighted by Crippen LogP contribution is 2.35. The Kier molecular flexibility index (Phi) is 9.46. The van der Waals surface area contributed by atoms with Crippen LogP contribution in [0.3, 0.4) is 0 Å². The SMILES string of the molecule is COC(=O)CCc1ccc(OCCC(C)Oc2ccc(Cl)cc2Oc2ccccc2)c(Br)c1. The van der Waals surface area contributed by atoms with Gasteiger partial charge in [0.05, 0.1) is 24.3 Å². The quantitative estimate of drug-likeness (QED) is 0.243. The summed E-state index contributed by atoms with van der Waals surface area (Å²) < 4.78 is 23.5. The van der Waals surface area contributed by atoms with Crippen LogP contribution in [0.1, 0.15) is 25.3 Å². The molecular formula is C26H26BrClO5. The molecule has 0 aliphatic carbocycles. The molecule has 0 spiro atoms. The summed E-state index contributed by atoms with van der Waals surface area (Å²) in [7, 11) is 1.39. The van der Waals surface area contributed by atoms with Gasteiger partial charge in [-0.1, -0.05) is 35.9 Å². The first kappa shape index (κ1) is 24.9. The van der Waals surface area contributed by atoms with Crippen LogP contribution in [-0.4, -0.2) is 25.8 Å². The summed E-state index contributed by atoms with van der Waals surface area (Å²) in [4.78, 5) is 11.3. The number of benzene rings is 3. The lowest BCUT2D eigenvalue weighted by Gasteiger charge is -2.18. The van der Waals surface area contributed by atoms with E-state index in [0.29, 0.717) is 48.1 Å². The van der Waals surface area contributed by atoms with E-state index in [0.717, 1.165) is 15.8 Å². The van der Waals surface area contributed by atoms with Crippen molar-refractivity contribution in [3.8, 4) is 23.0 Å². The molecule has 0 fully saturated rings. The van der Waals surface area contributed by atoms with Crippen molar-refractivity contribution in [3.05, 3.63) is 81.8 Å². The number of para-hydroxylation sites is 1. The van der Waals surface area contributed by atoms with E-state index in [1.165, 1.54) is 7.11 Å². The lowest BCUT2D eigenvalue weighted by Crippen LogP contribution is -2.16. The predicted molar refractivity (Wildman–Crippen MR) is 133 cm³/mol. The van der Waals surface area contributed by atoms with Crippen LogP contribution < -0.4 is 14.2 Å². The Bertz CT molecular complexity index is 1060. The van der Waals surface area contributed by atoms with E-state index in [2.05, 4.69) is 20.7 Å². The zero-order chi connectivity index (χ0) is 23.6. The fraction of sp³-hybridized carbons (Fsp3) is 0.269. The molecule has 1 unspecified atom stereocenters. The maximum absolute atomic E-state index is 11.3. The van der Waals surface area contributed by atoms with Crippen LogP contribution in [0.15, 0.2) is 71.2 Å². The number of carbonyl (C=O) groups is 1. The Labute approximate surface area is 207 Å². The molecule has 3 aromatic rings. The number of esters is 1. The Morgan fingerprint density at radius 3 is 2.48 bits per heavy atom. The minimum absolute atomic E-state index is 0.109. The number of carbonyl (C=O) groups excluding carboxylic acids is 1. The average molecular weight is 534 g/mol. The largest absolute Gasteiger partial charge is 0.492 e. The Morgan fingerprint density at radius 2 is 1.76 bits per heavy atom.